The Kier molecular flexibility index (Phi) is 4.59. The molecule has 1 aromatic carbocycles. The first-order chi connectivity index (χ1) is 9.16. The second-order valence-corrected chi connectivity index (χ2v) is 4.27. The van der Waals surface area contributed by atoms with Crippen LogP contribution in [0, 0.1) is 23.4 Å². The summed E-state index contributed by atoms with van der Waals surface area (Å²) in [5, 5.41) is 19.9. The van der Waals surface area contributed by atoms with Gasteiger partial charge in [0.2, 0.25) is 5.82 Å². The Balaban J connectivity index is 3.02. The summed E-state index contributed by atoms with van der Waals surface area (Å²) < 4.78 is 39.4. The van der Waals surface area contributed by atoms with E-state index in [1.807, 2.05) is 0 Å². The minimum Gasteiger partial charge on any atom is -0.503 e. The van der Waals surface area contributed by atoms with E-state index in [4.69, 9.17) is 10.2 Å². The number of amides is 1. The maximum absolute atomic E-state index is 13.5. The predicted octanol–water partition coefficient (Wildman–Crippen LogP) is 1.65. The molecule has 0 aromatic heterocycles. The molecule has 20 heavy (non-hydrogen) atoms. The Morgan fingerprint density at radius 2 is 1.75 bits per heavy atom. The van der Waals surface area contributed by atoms with Crippen LogP contribution >= 0.6 is 0 Å². The number of hydrogen-bond donors (Lipinski definition) is 3. The number of carbonyl (C=O) groups excluding carboxylic acids is 1. The van der Waals surface area contributed by atoms with Crippen molar-refractivity contribution in [2.45, 2.75) is 19.9 Å². The van der Waals surface area contributed by atoms with Gasteiger partial charge in [-0.15, -0.1) is 0 Å². The highest BCUT2D eigenvalue weighted by molar-refractivity contribution is 5.95. The molecule has 1 aromatic rings. The smallest absolute Gasteiger partial charge is 0.308 e. The molecule has 0 aliphatic rings. The molecule has 0 heterocycles. The first-order valence-electron chi connectivity index (χ1n) is 5.57. The van der Waals surface area contributed by atoms with Gasteiger partial charge < -0.3 is 15.5 Å². The summed E-state index contributed by atoms with van der Waals surface area (Å²) in [6, 6.07) is -0.590. The van der Waals surface area contributed by atoms with E-state index in [0.717, 1.165) is 0 Å². The van der Waals surface area contributed by atoms with Crippen LogP contribution in [0.15, 0.2) is 6.07 Å². The Labute approximate surface area is 112 Å². The number of carbonyl (C=O) groups is 2. The van der Waals surface area contributed by atoms with Crippen LogP contribution in [-0.2, 0) is 4.79 Å². The molecule has 0 saturated heterocycles. The maximum Gasteiger partial charge on any atom is 0.308 e. The standard InChI is InChI=1S/C12H12F3NO4/c1-4(12(19)20)5(2)16-11(18)6-3-7(13)9(15)10(17)8(6)14/h3-5,17H,1-2H3,(H,16,18)(H,19,20). The normalized spacial score (nSPS) is 13.7. The number of phenols is 1. The zero-order chi connectivity index (χ0) is 15.6. The molecule has 3 N–H and O–H groups in total. The summed E-state index contributed by atoms with van der Waals surface area (Å²) in [4.78, 5) is 22.4. The molecule has 2 unspecified atom stereocenters. The molecule has 0 aliphatic heterocycles. The molecule has 0 fully saturated rings. The van der Waals surface area contributed by atoms with Gasteiger partial charge >= 0.3 is 5.97 Å². The summed E-state index contributed by atoms with van der Waals surface area (Å²) >= 11 is 0. The molecule has 8 heteroatoms. The Bertz CT molecular complexity index is 562. The highest BCUT2D eigenvalue weighted by Crippen LogP contribution is 2.25. The van der Waals surface area contributed by atoms with Gasteiger partial charge in [0.05, 0.1) is 11.5 Å². The lowest BCUT2D eigenvalue weighted by Crippen LogP contribution is -2.40. The molecule has 1 rings (SSSR count). The fraction of sp³-hybridized carbons (Fsp3) is 0.333. The number of nitrogens with one attached hydrogen (secondary N) is 1. The number of hydrogen-bond acceptors (Lipinski definition) is 3. The molecule has 5 nitrogen and oxygen atoms in total. The van der Waals surface area contributed by atoms with Crippen LogP contribution in [0.4, 0.5) is 13.2 Å². The van der Waals surface area contributed by atoms with E-state index in [2.05, 4.69) is 5.32 Å². The van der Waals surface area contributed by atoms with Gasteiger partial charge in [-0.2, -0.15) is 4.39 Å². The highest BCUT2D eigenvalue weighted by Gasteiger charge is 2.26. The lowest BCUT2D eigenvalue weighted by Gasteiger charge is -2.18. The van der Waals surface area contributed by atoms with Crippen molar-refractivity contribution in [2.24, 2.45) is 5.92 Å². The average molecular weight is 291 g/mol. The van der Waals surface area contributed by atoms with E-state index in [0.29, 0.717) is 0 Å². The van der Waals surface area contributed by atoms with Crippen LogP contribution in [-0.4, -0.2) is 28.1 Å². The van der Waals surface area contributed by atoms with Gasteiger partial charge in [0.25, 0.3) is 5.91 Å². The number of carboxylic acid groups (broad SMARTS) is 1. The third-order valence-electron chi connectivity index (χ3n) is 2.88. The SMILES string of the molecule is CC(NC(=O)c1cc(F)c(F)c(O)c1F)C(C)C(=O)O. The number of carboxylic acids is 1. The molecular formula is C12H12F3NO4. The average Bonchev–Trinajstić information content (AvgIpc) is 2.39. The molecular weight excluding hydrogens is 279 g/mol. The summed E-state index contributed by atoms with van der Waals surface area (Å²) in [6.07, 6.45) is 0. The lowest BCUT2D eigenvalue weighted by atomic mass is 10.0. The second-order valence-electron chi connectivity index (χ2n) is 4.27. The zero-order valence-electron chi connectivity index (χ0n) is 10.6. The minimum absolute atomic E-state index is 0.290. The van der Waals surface area contributed by atoms with E-state index < -0.39 is 52.6 Å². The summed E-state index contributed by atoms with van der Waals surface area (Å²) in [5.74, 6) is -9.92. The van der Waals surface area contributed by atoms with E-state index in [9.17, 15) is 22.8 Å². The van der Waals surface area contributed by atoms with Crippen molar-refractivity contribution in [3.05, 3.63) is 29.1 Å². The van der Waals surface area contributed by atoms with E-state index in [-0.39, 0.29) is 6.07 Å². The van der Waals surface area contributed by atoms with Crippen molar-refractivity contribution in [1.82, 2.24) is 5.32 Å². The molecule has 0 bridgehead atoms. The fourth-order valence-electron chi connectivity index (χ4n) is 1.38. The van der Waals surface area contributed by atoms with Crippen molar-refractivity contribution >= 4 is 11.9 Å². The number of rotatable bonds is 4. The number of aromatic hydroxyl groups is 1. The number of benzene rings is 1. The van der Waals surface area contributed by atoms with Gasteiger partial charge in [0.15, 0.2) is 17.4 Å². The summed E-state index contributed by atoms with van der Waals surface area (Å²) in [7, 11) is 0. The van der Waals surface area contributed by atoms with Crippen LogP contribution in [0.5, 0.6) is 5.75 Å². The Morgan fingerprint density at radius 1 is 1.20 bits per heavy atom. The van der Waals surface area contributed by atoms with E-state index >= 15 is 0 Å². The quantitative estimate of drug-likeness (QED) is 0.736. The molecule has 110 valence electrons. The van der Waals surface area contributed by atoms with Gasteiger partial charge in [-0.05, 0) is 19.9 Å². The fourth-order valence-corrected chi connectivity index (χ4v) is 1.38. The highest BCUT2D eigenvalue weighted by atomic mass is 19.2. The van der Waals surface area contributed by atoms with Crippen LogP contribution in [0.3, 0.4) is 0 Å². The monoisotopic (exact) mass is 291 g/mol. The van der Waals surface area contributed by atoms with Crippen molar-refractivity contribution < 1.29 is 33.0 Å². The van der Waals surface area contributed by atoms with Crippen LogP contribution in [0.2, 0.25) is 0 Å². The number of halogens is 3. The molecule has 1 amide bonds. The molecule has 0 radical (unpaired) electrons. The van der Waals surface area contributed by atoms with Gasteiger partial charge in [-0.25, -0.2) is 8.78 Å². The predicted molar refractivity (Wildman–Crippen MR) is 61.7 cm³/mol. The topological polar surface area (TPSA) is 86.6 Å². The van der Waals surface area contributed by atoms with Crippen molar-refractivity contribution in [1.29, 1.82) is 0 Å². The molecule has 0 aliphatic carbocycles. The first kappa shape index (κ1) is 15.8. The largest absolute Gasteiger partial charge is 0.503 e. The zero-order valence-corrected chi connectivity index (χ0v) is 10.6. The first-order valence-corrected chi connectivity index (χ1v) is 5.57. The third kappa shape index (κ3) is 3.01. The summed E-state index contributed by atoms with van der Waals surface area (Å²) in [5.41, 5.74) is -0.911. The number of phenolic OH excluding ortho intramolecular Hbond substituents is 1. The van der Waals surface area contributed by atoms with Crippen LogP contribution < -0.4 is 5.32 Å². The Morgan fingerprint density at radius 3 is 2.25 bits per heavy atom. The minimum atomic E-state index is -1.80. The van der Waals surface area contributed by atoms with Crippen LogP contribution in [0.25, 0.3) is 0 Å². The molecule has 2 atom stereocenters. The molecule has 0 spiro atoms. The second kappa shape index (κ2) is 5.81. The third-order valence-corrected chi connectivity index (χ3v) is 2.88. The van der Waals surface area contributed by atoms with Gasteiger partial charge in [0.1, 0.15) is 0 Å². The van der Waals surface area contributed by atoms with Crippen LogP contribution in [0.1, 0.15) is 24.2 Å². The lowest BCUT2D eigenvalue weighted by molar-refractivity contribution is -0.141. The summed E-state index contributed by atoms with van der Waals surface area (Å²) in [6.45, 7) is 2.67. The van der Waals surface area contributed by atoms with Gasteiger partial charge in [0, 0.05) is 6.04 Å². The molecule has 0 saturated carbocycles. The van der Waals surface area contributed by atoms with E-state index in [1.165, 1.54) is 13.8 Å². The number of aliphatic carboxylic acids is 1. The van der Waals surface area contributed by atoms with Crippen molar-refractivity contribution in [3.8, 4) is 5.75 Å². The van der Waals surface area contributed by atoms with Crippen molar-refractivity contribution in [3.63, 3.8) is 0 Å². The Hall–Kier alpha value is -2.25. The van der Waals surface area contributed by atoms with E-state index in [1.54, 1.807) is 0 Å². The van der Waals surface area contributed by atoms with Gasteiger partial charge in [-0.3, -0.25) is 9.59 Å². The van der Waals surface area contributed by atoms with Gasteiger partial charge in [-0.1, -0.05) is 0 Å². The maximum atomic E-state index is 13.5. The van der Waals surface area contributed by atoms with Crippen molar-refractivity contribution in [2.75, 3.05) is 0 Å².